The fourth-order valence-electron chi connectivity index (χ4n) is 3.00. The van der Waals surface area contributed by atoms with Crippen LogP contribution in [-0.4, -0.2) is 62.5 Å². The van der Waals surface area contributed by atoms with Crippen LogP contribution >= 0.6 is 0 Å². The Morgan fingerprint density at radius 1 is 1.32 bits per heavy atom. The first-order valence-electron chi connectivity index (χ1n) is 6.99. The van der Waals surface area contributed by atoms with Crippen LogP contribution in [0.25, 0.3) is 0 Å². The lowest BCUT2D eigenvalue weighted by molar-refractivity contribution is -0.00569. The number of hydrogen-bond acceptors (Lipinski definition) is 5. The summed E-state index contributed by atoms with van der Waals surface area (Å²) in [6.45, 7) is 0.627. The third-order valence-electron chi connectivity index (χ3n) is 4.41. The van der Waals surface area contributed by atoms with Gasteiger partial charge in [-0.3, -0.25) is 4.68 Å². The van der Waals surface area contributed by atoms with Crippen molar-refractivity contribution in [2.45, 2.75) is 50.0 Å². The van der Waals surface area contributed by atoms with E-state index in [0.717, 1.165) is 12.1 Å². The molecule has 19 heavy (non-hydrogen) atoms. The van der Waals surface area contributed by atoms with E-state index in [-0.39, 0.29) is 12.0 Å². The normalized spacial score (nSPS) is 35.2. The summed E-state index contributed by atoms with van der Waals surface area (Å²) in [5, 5.41) is 28.5. The molecule has 3 rings (SSSR count). The lowest BCUT2D eigenvalue weighted by Crippen LogP contribution is -2.39. The molecule has 0 spiro atoms. The predicted octanol–water partition coefficient (Wildman–Crippen LogP) is -0.173. The first kappa shape index (κ1) is 13.0. The van der Waals surface area contributed by atoms with E-state index in [1.807, 2.05) is 29.9 Å². The van der Waals surface area contributed by atoms with Crippen molar-refractivity contribution in [1.82, 2.24) is 19.9 Å². The van der Waals surface area contributed by atoms with Gasteiger partial charge in [-0.05, 0) is 33.4 Å². The zero-order valence-electron chi connectivity index (χ0n) is 11.5. The van der Waals surface area contributed by atoms with Crippen molar-refractivity contribution in [3.8, 4) is 0 Å². The van der Waals surface area contributed by atoms with Crippen LogP contribution in [0.5, 0.6) is 0 Å². The summed E-state index contributed by atoms with van der Waals surface area (Å²) in [6, 6.07) is 0.0198. The van der Waals surface area contributed by atoms with Crippen molar-refractivity contribution in [2.75, 3.05) is 14.1 Å². The predicted molar refractivity (Wildman–Crippen MR) is 69.6 cm³/mol. The van der Waals surface area contributed by atoms with Gasteiger partial charge in [-0.25, -0.2) is 0 Å². The first-order valence-corrected chi connectivity index (χ1v) is 6.99. The second-order valence-corrected chi connectivity index (χ2v) is 6.15. The number of aliphatic hydroxyl groups is 2. The van der Waals surface area contributed by atoms with Crippen molar-refractivity contribution < 1.29 is 10.2 Å². The fourth-order valence-corrected chi connectivity index (χ4v) is 3.00. The Kier molecular flexibility index (Phi) is 3.32. The zero-order valence-corrected chi connectivity index (χ0v) is 11.5. The third kappa shape index (κ3) is 2.52. The van der Waals surface area contributed by atoms with Crippen molar-refractivity contribution in [3.05, 3.63) is 11.9 Å². The van der Waals surface area contributed by atoms with E-state index in [1.54, 1.807) is 0 Å². The van der Waals surface area contributed by atoms with Gasteiger partial charge in [-0.2, -0.15) is 0 Å². The van der Waals surface area contributed by atoms with Gasteiger partial charge < -0.3 is 15.1 Å². The molecule has 0 aromatic carbocycles. The van der Waals surface area contributed by atoms with Crippen molar-refractivity contribution in [3.63, 3.8) is 0 Å². The van der Waals surface area contributed by atoms with E-state index >= 15 is 0 Å². The number of likely N-dealkylation sites (N-methyl/N-ethyl adjacent to an activating group) is 1. The third-order valence-corrected chi connectivity index (χ3v) is 4.41. The Morgan fingerprint density at radius 3 is 2.63 bits per heavy atom. The highest BCUT2D eigenvalue weighted by Crippen LogP contribution is 2.38. The summed E-state index contributed by atoms with van der Waals surface area (Å²) < 4.78 is 1.81. The summed E-state index contributed by atoms with van der Waals surface area (Å²) in [4.78, 5) is 1.98. The Hall–Kier alpha value is -0.980. The van der Waals surface area contributed by atoms with E-state index in [0.29, 0.717) is 12.5 Å². The van der Waals surface area contributed by atoms with Crippen LogP contribution in [0.1, 0.15) is 30.9 Å². The van der Waals surface area contributed by atoms with Gasteiger partial charge in [0.05, 0.1) is 17.9 Å². The number of hydrogen-bond donors (Lipinski definition) is 2. The van der Waals surface area contributed by atoms with Gasteiger partial charge in [0, 0.05) is 30.6 Å². The van der Waals surface area contributed by atoms with Gasteiger partial charge in [0.1, 0.15) is 0 Å². The average molecular weight is 266 g/mol. The molecule has 106 valence electrons. The number of aliphatic hydroxyl groups excluding tert-OH is 2. The lowest BCUT2D eigenvalue weighted by atomic mass is 10.1. The molecular formula is C13H22N4O2. The van der Waals surface area contributed by atoms with Crippen molar-refractivity contribution >= 4 is 0 Å². The molecule has 0 saturated heterocycles. The van der Waals surface area contributed by atoms with Crippen LogP contribution in [-0.2, 0) is 6.54 Å². The Labute approximate surface area is 113 Å². The van der Waals surface area contributed by atoms with Crippen molar-refractivity contribution in [2.24, 2.45) is 5.92 Å². The molecule has 4 unspecified atom stereocenters. The van der Waals surface area contributed by atoms with Crippen LogP contribution in [0.2, 0.25) is 0 Å². The minimum atomic E-state index is -0.680. The molecule has 4 atom stereocenters. The molecule has 1 aromatic heterocycles. The fraction of sp³-hybridized carbons (Fsp3) is 0.846. The van der Waals surface area contributed by atoms with Gasteiger partial charge in [0.25, 0.3) is 0 Å². The minimum absolute atomic E-state index is 0.0198. The maximum atomic E-state index is 10.1. The maximum Gasteiger partial charge on any atom is 0.0957 e. The second kappa shape index (κ2) is 4.85. The monoisotopic (exact) mass is 266 g/mol. The summed E-state index contributed by atoms with van der Waals surface area (Å²) in [6.07, 6.45) is 3.85. The standard InChI is InChI=1S/C13H22N4O2/c1-16(2)11-5-9(12(18)13(11)19)6-17-7-10(14-15-17)8-3-4-8/h7-9,11-13,18-19H,3-6H2,1-2H3. The van der Waals surface area contributed by atoms with Crippen LogP contribution in [0, 0.1) is 5.92 Å². The number of nitrogens with zero attached hydrogens (tertiary/aromatic N) is 4. The highest BCUT2D eigenvalue weighted by Gasteiger charge is 2.42. The molecule has 2 N–H and O–H groups in total. The molecule has 2 aliphatic rings. The second-order valence-electron chi connectivity index (χ2n) is 6.15. The highest BCUT2D eigenvalue weighted by atomic mass is 16.3. The van der Waals surface area contributed by atoms with Crippen LogP contribution < -0.4 is 0 Å². The molecule has 0 aliphatic heterocycles. The smallest absolute Gasteiger partial charge is 0.0957 e. The number of rotatable bonds is 4. The molecule has 1 aromatic rings. The average Bonchev–Trinajstić information content (AvgIpc) is 3.06. The summed E-state index contributed by atoms with van der Waals surface area (Å²) in [7, 11) is 3.87. The Bertz CT molecular complexity index is 444. The van der Waals surface area contributed by atoms with Crippen molar-refractivity contribution in [1.29, 1.82) is 0 Å². The summed E-state index contributed by atoms with van der Waals surface area (Å²) in [5.41, 5.74) is 1.07. The molecule has 6 nitrogen and oxygen atoms in total. The summed E-state index contributed by atoms with van der Waals surface area (Å²) >= 11 is 0. The Balaban J connectivity index is 1.65. The minimum Gasteiger partial charge on any atom is -0.390 e. The lowest BCUT2D eigenvalue weighted by Gasteiger charge is -2.22. The largest absolute Gasteiger partial charge is 0.390 e. The molecule has 0 amide bonds. The maximum absolute atomic E-state index is 10.1. The van der Waals surface area contributed by atoms with E-state index in [2.05, 4.69) is 10.3 Å². The van der Waals surface area contributed by atoms with E-state index in [9.17, 15) is 10.2 Å². The number of aromatic nitrogens is 3. The molecule has 0 radical (unpaired) electrons. The molecule has 1 heterocycles. The topological polar surface area (TPSA) is 74.4 Å². The molecule has 2 saturated carbocycles. The van der Waals surface area contributed by atoms with Gasteiger partial charge in [-0.15, -0.1) is 5.10 Å². The van der Waals surface area contributed by atoms with E-state index < -0.39 is 12.2 Å². The Morgan fingerprint density at radius 2 is 2.05 bits per heavy atom. The first-order chi connectivity index (χ1) is 9.06. The molecule has 0 bridgehead atoms. The molecule has 2 aliphatic carbocycles. The van der Waals surface area contributed by atoms with Gasteiger partial charge in [0.2, 0.25) is 0 Å². The molecular weight excluding hydrogens is 244 g/mol. The quantitative estimate of drug-likeness (QED) is 0.791. The van der Waals surface area contributed by atoms with Crippen LogP contribution in [0.3, 0.4) is 0 Å². The summed E-state index contributed by atoms with van der Waals surface area (Å²) in [5.74, 6) is 0.638. The van der Waals surface area contributed by atoms with Crippen LogP contribution in [0.4, 0.5) is 0 Å². The molecule has 2 fully saturated rings. The van der Waals surface area contributed by atoms with Gasteiger partial charge >= 0.3 is 0 Å². The van der Waals surface area contributed by atoms with E-state index in [1.165, 1.54) is 12.8 Å². The SMILES string of the molecule is CN(C)C1CC(Cn2cc(C3CC3)nn2)C(O)C1O. The van der Waals surface area contributed by atoms with Crippen LogP contribution in [0.15, 0.2) is 6.20 Å². The van der Waals surface area contributed by atoms with E-state index in [4.69, 9.17) is 0 Å². The highest BCUT2D eigenvalue weighted by molar-refractivity contribution is 5.09. The zero-order chi connectivity index (χ0) is 13.6. The molecule has 6 heteroatoms. The van der Waals surface area contributed by atoms with Gasteiger partial charge in [0.15, 0.2) is 0 Å². The van der Waals surface area contributed by atoms with Gasteiger partial charge in [-0.1, -0.05) is 5.21 Å².